The van der Waals surface area contributed by atoms with Crippen LogP contribution in [-0.2, 0) is 0 Å². The van der Waals surface area contributed by atoms with Gasteiger partial charge in [0.2, 0.25) is 0 Å². The van der Waals surface area contributed by atoms with Gasteiger partial charge in [-0.25, -0.2) is 14.1 Å². The monoisotopic (exact) mass is 318 g/mol. The van der Waals surface area contributed by atoms with Gasteiger partial charge in [0, 0.05) is 0 Å². The molecule has 1 aromatic heterocycles. The summed E-state index contributed by atoms with van der Waals surface area (Å²) in [6.07, 6.45) is 5.15. The van der Waals surface area contributed by atoms with Gasteiger partial charge in [0.25, 0.3) is 0 Å². The smallest absolute Gasteiger partial charge is 0.137 e. The Balaban J connectivity index is 2.05. The van der Waals surface area contributed by atoms with Crippen molar-refractivity contribution in [1.82, 2.24) is 14.8 Å². The maximum absolute atomic E-state index is 13.3. The van der Waals surface area contributed by atoms with Crippen molar-refractivity contribution in [3.8, 4) is 6.07 Å². The van der Waals surface area contributed by atoms with Crippen LogP contribution in [-0.4, -0.2) is 14.8 Å². The predicted molar refractivity (Wildman–Crippen MR) is 90.2 cm³/mol. The number of rotatable bonds is 4. The minimum atomic E-state index is -0.273. The number of nitriles is 1. The first kappa shape index (κ1) is 15.6. The van der Waals surface area contributed by atoms with Crippen LogP contribution >= 0.6 is 0 Å². The lowest BCUT2D eigenvalue weighted by molar-refractivity contribution is 0.593. The van der Waals surface area contributed by atoms with Crippen molar-refractivity contribution >= 4 is 11.6 Å². The van der Waals surface area contributed by atoms with E-state index < -0.39 is 0 Å². The number of hydrogen-bond acceptors (Lipinski definition) is 3. The molecule has 0 radical (unpaired) electrons. The van der Waals surface area contributed by atoms with Gasteiger partial charge in [-0.05, 0) is 54.0 Å². The zero-order valence-corrected chi connectivity index (χ0v) is 13.1. The second kappa shape index (κ2) is 6.88. The zero-order valence-electron chi connectivity index (χ0n) is 13.1. The van der Waals surface area contributed by atoms with E-state index in [1.807, 2.05) is 25.1 Å². The van der Waals surface area contributed by atoms with Crippen molar-refractivity contribution < 1.29 is 4.39 Å². The lowest BCUT2D eigenvalue weighted by atomic mass is 9.96. The van der Waals surface area contributed by atoms with Gasteiger partial charge in [-0.15, -0.1) is 0 Å². The molecule has 0 amide bonds. The molecule has 0 aliphatic heterocycles. The first-order valence-electron chi connectivity index (χ1n) is 7.49. The molecule has 1 unspecified atom stereocenters. The van der Waals surface area contributed by atoms with E-state index in [1.54, 1.807) is 35.3 Å². The third kappa shape index (κ3) is 3.39. The van der Waals surface area contributed by atoms with E-state index in [9.17, 15) is 4.39 Å². The highest BCUT2D eigenvalue weighted by molar-refractivity contribution is 5.83. The molecular weight excluding hydrogens is 303 g/mol. The van der Waals surface area contributed by atoms with Crippen molar-refractivity contribution in [1.29, 1.82) is 5.26 Å². The summed E-state index contributed by atoms with van der Waals surface area (Å²) in [5.41, 5.74) is 3.45. The van der Waals surface area contributed by atoms with Gasteiger partial charge in [-0.3, -0.25) is 0 Å². The van der Waals surface area contributed by atoms with E-state index in [4.69, 9.17) is 5.26 Å². The number of benzene rings is 2. The Kier molecular flexibility index (Phi) is 4.48. The second-order valence-electron chi connectivity index (χ2n) is 5.39. The standard InChI is InChI=1S/C19H15FN4/c1-14(24-13-22-12-23-24)19(17-6-8-18(20)9-7-17)10-15-2-4-16(11-21)5-3-15/h2-10,12-14H,1H3/b19-10+. The molecule has 24 heavy (non-hydrogen) atoms. The van der Waals surface area contributed by atoms with E-state index >= 15 is 0 Å². The number of aromatic nitrogens is 3. The molecule has 0 aliphatic rings. The van der Waals surface area contributed by atoms with Crippen LogP contribution in [0, 0.1) is 17.1 Å². The van der Waals surface area contributed by atoms with Gasteiger partial charge in [-0.2, -0.15) is 10.4 Å². The fourth-order valence-corrected chi connectivity index (χ4v) is 2.48. The summed E-state index contributed by atoms with van der Waals surface area (Å²) < 4.78 is 15.0. The lowest BCUT2D eigenvalue weighted by Crippen LogP contribution is -2.08. The highest BCUT2D eigenvalue weighted by atomic mass is 19.1. The van der Waals surface area contributed by atoms with Crippen LogP contribution in [0.2, 0.25) is 0 Å². The average molecular weight is 318 g/mol. The van der Waals surface area contributed by atoms with Crippen molar-refractivity contribution in [2.45, 2.75) is 13.0 Å². The van der Waals surface area contributed by atoms with Crippen LogP contribution in [0.3, 0.4) is 0 Å². The van der Waals surface area contributed by atoms with Crippen molar-refractivity contribution in [2.24, 2.45) is 0 Å². The van der Waals surface area contributed by atoms with Gasteiger partial charge in [-0.1, -0.05) is 24.3 Å². The Morgan fingerprint density at radius 1 is 1.17 bits per heavy atom. The summed E-state index contributed by atoms with van der Waals surface area (Å²) in [4.78, 5) is 3.99. The number of allylic oxidation sites excluding steroid dienone is 1. The van der Waals surface area contributed by atoms with Gasteiger partial charge < -0.3 is 0 Å². The maximum Gasteiger partial charge on any atom is 0.137 e. The summed E-state index contributed by atoms with van der Waals surface area (Å²) in [5, 5.41) is 13.1. The van der Waals surface area contributed by atoms with Crippen molar-refractivity contribution in [2.75, 3.05) is 0 Å². The van der Waals surface area contributed by atoms with E-state index in [-0.39, 0.29) is 11.9 Å². The zero-order chi connectivity index (χ0) is 16.9. The molecule has 5 heteroatoms. The van der Waals surface area contributed by atoms with E-state index in [1.165, 1.54) is 18.5 Å². The molecule has 4 nitrogen and oxygen atoms in total. The molecule has 1 atom stereocenters. The largest absolute Gasteiger partial charge is 0.246 e. The fourth-order valence-electron chi connectivity index (χ4n) is 2.48. The highest BCUT2D eigenvalue weighted by Crippen LogP contribution is 2.29. The number of nitrogens with zero attached hydrogens (tertiary/aromatic N) is 4. The molecule has 3 rings (SSSR count). The summed E-state index contributed by atoms with van der Waals surface area (Å²) >= 11 is 0. The molecule has 2 aromatic carbocycles. The summed E-state index contributed by atoms with van der Waals surface area (Å²) in [6.45, 7) is 2.01. The Bertz CT molecular complexity index is 873. The molecule has 0 saturated heterocycles. The summed E-state index contributed by atoms with van der Waals surface area (Å²) in [6, 6.07) is 15.7. The third-order valence-corrected chi connectivity index (χ3v) is 3.82. The number of halogens is 1. The number of hydrogen-bond donors (Lipinski definition) is 0. The van der Waals surface area contributed by atoms with Crippen LogP contribution in [0.1, 0.15) is 29.7 Å². The molecular formula is C19H15FN4. The Morgan fingerprint density at radius 3 is 2.46 bits per heavy atom. The van der Waals surface area contributed by atoms with Crippen LogP contribution in [0.15, 0.2) is 61.2 Å². The van der Waals surface area contributed by atoms with E-state index in [2.05, 4.69) is 16.2 Å². The van der Waals surface area contributed by atoms with Crippen LogP contribution in [0.5, 0.6) is 0 Å². The summed E-state index contributed by atoms with van der Waals surface area (Å²) in [7, 11) is 0. The minimum absolute atomic E-state index is 0.0754. The normalized spacial score (nSPS) is 12.6. The molecule has 0 aliphatic carbocycles. The van der Waals surface area contributed by atoms with Gasteiger partial charge in [0.05, 0.1) is 17.7 Å². The van der Waals surface area contributed by atoms with Gasteiger partial charge >= 0.3 is 0 Å². The topological polar surface area (TPSA) is 54.5 Å². The fraction of sp³-hybridized carbons (Fsp3) is 0.105. The second-order valence-corrected chi connectivity index (χ2v) is 5.39. The first-order chi connectivity index (χ1) is 11.7. The van der Waals surface area contributed by atoms with Crippen molar-refractivity contribution in [3.63, 3.8) is 0 Å². The highest BCUT2D eigenvalue weighted by Gasteiger charge is 2.14. The molecule has 1 heterocycles. The molecule has 0 spiro atoms. The first-order valence-corrected chi connectivity index (χ1v) is 7.49. The maximum atomic E-state index is 13.3. The van der Waals surface area contributed by atoms with Crippen LogP contribution < -0.4 is 0 Å². The average Bonchev–Trinajstić information content (AvgIpc) is 3.15. The SMILES string of the molecule is CC(/C(=C\c1ccc(C#N)cc1)c1ccc(F)cc1)n1cncn1. The van der Waals surface area contributed by atoms with Gasteiger partial charge in [0.15, 0.2) is 0 Å². The van der Waals surface area contributed by atoms with E-state index in [0.717, 1.165) is 16.7 Å². The van der Waals surface area contributed by atoms with Crippen LogP contribution in [0.25, 0.3) is 11.6 Å². The predicted octanol–water partition coefficient (Wildman–Crippen LogP) is 4.09. The minimum Gasteiger partial charge on any atom is -0.246 e. The van der Waals surface area contributed by atoms with Crippen molar-refractivity contribution in [3.05, 3.63) is 83.7 Å². The van der Waals surface area contributed by atoms with Crippen LogP contribution in [0.4, 0.5) is 4.39 Å². The Morgan fingerprint density at radius 2 is 1.88 bits per heavy atom. The molecule has 0 N–H and O–H groups in total. The molecule has 0 saturated carbocycles. The quantitative estimate of drug-likeness (QED) is 0.681. The van der Waals surface area contributed by atoms with E-state index in [0.29, 0.717) is 5.56 Å². The molecule has 0 bridgehead atoms. The molecule has 0 fully saturated rings. The summed E-state index contributed by atoms with van der Waals surface area (Å²) in [5.74, 6) is -0.273. The third-order valence-electron chi connectivity index (χ3n) is 3.82. The molecule has 118 valence electrons. The molecule has 3 aromatic rings. The van der Waals surface area contributed by atoms with Gasteiger partial charge in [0.1, 0.15) is 18.5 Å². The Hall–Kier alpha value is -3.26. The Labute approximate surface area is 139 Å². The lowest BCUT2D eigenvalue weighted by Gasteiger charge is -2.17.